The van der Waals surface area contributed by atoms with Crippen LogP contribution in [0, 0.1) is 20.8 Å². The minimum absolute atomic E-state index is 0.108. The summed E-state index contributed by atoms with van der Waals surface area (Å²) in [5, 5.41) is 2.93. The van der Waals surface area contributed by atoms with E-state index < -0.39 is 6.04 Å². The maximum Gasteiger partial charge on any atom is 0.261 e. The first kappa shape index (κ1) is 23.5. The van der Waals surface area contributed by atoms with Crippen molar-refractivity contribution in [2.75, 3.05) is 13.2 Å². The largest absolute Gasteiger partial charge is 0.483 e. The first-order valence-electron chi connectivity index (χ1n) is 10.6. The van der Waals surface area contributed by atoms with Crippen LogP contribution in [0.2, 0.25) is 0 Å². The Morgan fingerprint density at radius 2 is 1.80 bits per heavy atom. The van der Waals surface area contributed by atoms with Crippen LogP contribution in [0.15, 0.2) is 42.5 Å². The van der Waals surface area contributed by atoms with Crippen molar-refractivity contribution in [2.24, 2.45) is 0 Å². The predicted molar refractivity (Wildman–Crippen MR) is 121 cm³/mol. The van der Waals surface area contributed by atoms with Crippen LogP contribution in [0.1, 0.15) is 48.9 Å². The summed E-state index contributed by atoms with van der Waals surface area (Å²) in [6.45, 7) is 10.7. The number of nitrogens with zero attached hydrogens (tertiary/aromatic N) is 1. The number of carbonyl (C=O) groups excluding carboxylic acids is 2. The summed E-state index contributed by atoms with van der Waals surface area (Å²) in [6.07, 6.45) is 1.92. The Bertz CT molecular complexity index is 849. The van der Waals surface area contributed by atoms with Crippen molar-refractivity contribution in [3.8, 4) is 5.75 Å². The van der Waals surface area contributed by atoms with Gasteiger partial charge in [-0.05, 0) is 62.4 Å². The molecule has 5 heteroatoms. The molecule has 0 saturated heterocycles. The van der Waals surface area contributed by atoms with Crippen LogP contribution in [-0.2, 0) is 16.1 Å². The summed E-state index contributed by atoms with van der Waals surface area (Å²) in [4.78, 5) is 27.3. The molecule has 0 bridgehead atoms. The molecule has 0 aromatic heterocycles. The maximum atomic E-state index is 13.1. The van der Waals surface area contributed by atoms with Gasteiger partial charge in [0.15, 0.2) is 6.61 Å². The standard InChI is InChI=1S/C25H34N2O3/c1-6-7-13-26-25(29)21(5)27(16-22-11-9-8-10-12-22)24(28)17-30-23-15-18(2)14-19(3)20(23)4/h8-12,14-15,21H,6-7,13,16-17H2,1-5H3,(H,26,29)/t21-/m0/s1. The molecular weight excluding hydrogens is 376 g/mol. The third-order valence-corrected chi connectivity index (χ3v) is 5.31. The first-order chi connectivity index (χ1) is 14.3. The van der Waals surface area contributed by atoms with E-state index in [0.717, 1.165) is 35.1 Å². The van der Waals surface area contributed by atoms with E-state index in [1.807, 2.05) is 57.2 Å². The van der Waals surface area contributed by atoms with E-state index in [-0.39, 0.29) is 18.4 Å². The van der Waals surface area contributed by atoms with Gasteiger partial charge in [0.1, 0.15) is 11.8 Å². The molecule has 2 amide bonds. The monoisotopic (exact) mass is 410 g/mol. The highest BCUT2D eigenvalue weighted by Gasteiger charge is 2.26. The number of amides is 2. The minimum Gasteiger partial charge on any atom is -0.483 e. The van der Waals surface area contributed by atoms with Gasteiger partial charge in [-0.1, -0.05) is 49.7 Å². The fraction of sp³-hybridized carbons (Fsp3) is 0.440. The lowest BCUT2D eigenvalue weighted by Crippen LogP contribution is -2.49. The Kier molecular flexibility index (Phi) is 8.90. The number of nitrogens with one attached hydrogen (secondary N) is 1. The van der Waals surface area contributed by atoms with Gasteiger partial charge in [0.2, 0.25) is 5.91 Å². The second kappa shape index (κ2) is 11.4. The fourth-order valence-corrected chi connectivity index (χ4v) is 3.27. The molecular formula is C25H34N2O3. The summed E-state index contributed by atoms with van der Waals surface area (Å²) in [7, 11) is 0. The van der Waals surface area contributed by atoms with Crippen LogP contribution in [0.4, 0.5) is 0 Å². The summed E-state index contributed by atoms with van der Waals surface area (Å²) < 4.78 is 5.88. The van der Waals surface area contributed by atoms with Crippen LogP contribution < -0.4 is 10.1 Å². The zero-order chi connectivity index (χ0) is 22.1. The lowest BCUT2D eigenvalue weighted by atomic mass is 10.1. The Morgan fingerprint density at radius 1 is 1.10 bits per heavy atom. The van der Waals surface area contributed by atoms with Gasteiger partial charge in [-0.2, -0.15) is 0 Å². The molecule has 1 atom stereocenters. The van der Waals surface area contributed by atoms with Crippen LogP contribution in [0.5, 0.6) is 5.75 Å². The highest BCUT2D eigenvalue weighted by Crippen LogP contribution is 2.23. The fourth-order valence-electron chi connectivity index (χ4n) is 3.27. The zero-order valence-corrected chi connectivity index (χ0v) is 18.8. The third-order valence-electron chi connectivity index (χ3n) is 5.31. The predicted octanol–water partition coefficient (Wildman–Crippen LogP) is 4.32. The Morgan fingerprint density at radius 3 is 2.47 bits per heavy atom. The summed E-state index contributed by atoms with van der Waals surface area (Å²) in [5.74, 6) is 0.353. The average Bonchev–Trinajstić information content (AvgIpc) is 2.73. The molecule has 0 aliphatic heterocycles. The number of rotatable bonds is 10. The number of aryl methyl sites for hydroxylation is 2. The van der Waals surface area contributed by atoms with E-state index in [9.17, 15) is 9.59 Å². The lowest BCUT2D eigenvalue weighted by molar-refractivity contribution is -0.142. The van der Waals surface area contributed by atoms with Crippen LogP contribution in [0.3, 0.4) is 0 Å². The van der Waals surface area contributed by atoms with Crippen molar-refractivity contribution in [1.82, 2.24) is 10.2 Å². The molecule has 2 aromatic carbocycles. The molecule has 0 fully saturated rings. The van der Waals surface area contributed by atoms with Crippen LogP contribution in [0.25, 0.3) is 0 Å². The Labute approximate surface area is 180 Å². The second-order valence-electron chi connectivity index (χ2n) is 7.82. The molecule has 0 aliphatic rings. The molecule has 1 N–H and O–H groups in total. The van der Waals surface area contributed by atoms with E-state index in [0.29, 0.717) is 18.8 Å². The van der Waals surface area contributed by atoms with Gasteiger partial charge >= 0.3 is 0 Å². The van der Waals surface area contributed by atoms with Crippen molar-refractivity contribution in [3.05, 3.63) is 64.7 Å². The summed E-state index contributed by atoms with van der Waals surface area (Å²) >= 11 is 0. The lowest BCUT2D eigenvalue weighted by Gasteiger charge is -2.29. The van der Waals surface area contributed by atoms with Gasteiger partial charge < -0.3 is 15.0 Å². The van der Waals surface area contributed by atoms with E-state index >= 15 is 0 Å². The number of carbonyl (C=O) groups is 2. The van der Waals surface area contributed by atoms with Gasteiger partial charge in [0.25, 0.3) is 5.91 Å². The zero-order valence-electron chi connectivity index (χ0n) is 18.8. The minimum atomic E-state index is -0.585. The molecule has 30 heavy (non-hydrogen) atoms. The normalized spacial score (nSPS) is 11.6. The number of ether oxygens (including phenoxy) is 1. The molecule has 0 heterocycles. The maximum absolute atomic E-state index is 13.1. The van der Waals surface area contributed by atoms with Crippen molar-refractivity contribution >= 4 is 11.8 Å². The van der Waals surface area contributed by atoms with Crippen LogP contribution >= 0.6 is 0 Å². The molecule has 2 rings (SSSR count). The molecule has 0 unspecified atom stereocenters. The van der Waals surface area contributed by atoms with E-state index in [2.05, 4.69) is 18.3 Å². The summed E-state index contributed by atoms with van der Waals surface area (Å²) in [6, 6.07) is 13.2. The van der Waals surface area contributed by atoms with E-state index in [1.54, 1.807) is 11.8 Å². The highest BCUT2D eigenvalue weighted by atomic mass is 16.5. The highest BCUT2D eigenvalue weighted by molar-refractivity contribution is 5.88. The molecule has 5 nitrogen and oxygen atoms in total. The van der Waals surface area contributed by atoms with Crippen LogP contribution in [-0.4, -0.2) is 35.9 Å². The van der Waals surface area contributed by atoms with Crippen molar-refractivity contribution < 1.29 is 14.3 Å². The molecule has 0 spiro atoms. The van der Waals surface area contributed by atoms with Crippen molar-refractivity contribution in [2.45, 2.75) is 60.0 Å². The van der Waals surface area contributed by atoms with Gasteiger partial charge in [-0.3, -0.25) is 9.59 Å². The van der Waals surface area contributed by atoms with Gasteiger partial charge in [0, 0.05) is 13.1 Å². The molecule has 0 saturated carbocycles. The second-order valence-corrected chi connectivity index (χ2v) is 7.82. The van der Waals surface area contributed by atoms with Crippen molar-refractivity contribution in [3.63, 3.8) is 0 Å². The Hall–Kier alpha value is -2.82. The van der Waals surface area contributed by atoms with Crippen molar-refractivity contribution in [1.29, 1.82) is 0 Å². The smallest absolute Gasteiger partial charge is 0.261 e. The number of unbranched alkanes of at least 4 members (excludes halogenated alkanes) is 1. The SMILES string of the molecule is CCCCNC(=O)[C@H](C)N(Cc1ccccc1)C(=O)COc1cc(C)cc(C)c1C. The topological polar surface area (TPSA) is 58.6 Å². The summed E-state index contributed by atoms with van der Waals surface area (Å²) in [5.41, 5.74) is 4.21. The molecule has 0 radical (unpaired) electrons. The quantitative estimate of drug-likeness (QED) is 0.593. The number of hydrogen-bond acceptors (Lipinski definition) is 3. The molecule has 2 aromatic rings. The number of benzene rings is 2. The van der Waals surface area contributed by atoms with E-state index in [1.165, 1.54) is 0 Å². The average molecular weight is 411 g/mol. The molecule has 162 valence electrons. The van der Waals surface area contributed by atoms with Gasteiger partial charge in [-0.25, -0.2) is 0 Å². The first-order valence-corrected chi connectivity index (χ1v) is 10.6. The van der Waals surface area contributed by atoms with E-state index in [4.69, 9.17) is 4.74 Å². The Balaban J connectivity index is 2.14. The number of hydrogen-bond donors (Lipinski definition) is 1. The van der Waals surface area contributed by atoms with Gasteiger partial charge in [0.05, 0.1) is 0 Å². The van der Waals surface area contributed by atoms with Gasteiger partial charge in [-0.15, -0.1) is 0 Å². The third kappa shape index (κ3) is 6.61. The molecule has 0 aliphatic carbocycles.